The fourth-order valence-corrected chi connectivity index (χ4v) is 3.49. The Kier molecular flexibility index (Phi) is 5.84. The number of hydrogen-bond donors (Lipinski definition) is 1. The van der Waals surface area contributed by atoms with Gasteiger partial charge in [-0.2, -0.15) is 0 Å². The fraction of sp³-hybridized carbons (Fsp3) is 0.381. The SMILES string of the molecule is COCc1ccccc1C(=O)N[C@H]1CCN([C@@H](C)c2ccccc2)C1. The summed E-state index contributed by atoms with van der Waals surface area (Å²) in [5.74, 6) is -0.00753. The van der Waals surface area contributed by atoms with Crippen LogP contribution in [0, 0.1) is 0 Å². The Bertz CT molecular complexity index is 702. The van der Waals surface area contributed by atoms with Crippen LogP contribution >= 0.6 is 0 Å². The molecule has 0 radical (unpaired) electrons. The van der Waals surface area contributed by atoms with Crippen molar-refractivity contribution >= 4 is 5.91 Å². The van der Waals surface area contributed by atoms with Gasteiger partial charge in [-0.15, -0.1) is 0 Å². The molecule has 1 fully saturated rings. The molecule has 0 saturated carbocycles. The van der Waals surface area contributed by atoms with Gasteiger partial charge in [-0.25, -0.2) is 0 Å². The van der Waals surface area contributed by atoms with Gasteiger partial charge in [0.2, 0.25) is 0 Å². The molecule has 4 heteroatoms. The molecule has 1 amide bonds. The highest BCUT2D eigenvalue weighted by Gasteiger charge is 2.28. The molecule has 4 nitrogen and oxygen atoms in total. The monoisotopic (exact) mass is 338 g/mol. The summed E-state index contributed by atoms with van der Waals surface area (Å²) in [6.45, 7) is 4.56. The minimum Gasteiger partial charge on any atom is -0.380 e. The van der Waals surface area contributed by atoms with Crippen molar-refractivity contribution in [3.05, 3.63) is 71.3 Å². The molecule has 2 aromatic carbocycles. The Morgan fingerprint density at radius 3 is 2.68 bits per heavy atom. The molecular weight excluding hydrogens is 312 g/mol. The topological polar surface area (TPSA) is 41.6 Å². The average Bonchev–Trinajstić information content (AvgIpc) is 3.11. The minimum absolute atomic E-state index is 0.00753. The average molecular weight is 338 g/mol. The highest BCUT2D eigenvalue weighted by atomic mass is 16.5. The van der Waals surface area contributed by atoms with Crippen molar-refractivity contribution in [1.29, 1.82) is 0 Å². The van der Waals surface area contributed by atoms with Gasteiger partial charge < -0.3 is 10.1 Å². The quantitative estimate of drug-likeness (QED) is 0.878. The molecule has 0 bridgehead atoms. The van der Waals surface area contributed by atoms with Gasteiger partial charge >= 0.3 is 0 Å². The molecule has 0 aromatic heterocycles. The van der Waals surface area contributed by atoms with Gasteiger partial charge in [-0.05, 0) is 30.5 Å². The first kappa shape index (κ1) is 17.6. The molecule has 0 unspecified atom stereocenters. The highest BCUT2D eigenvalue weighted by molar-refractivity contribution is 5.95. The lowest BCUT2D eigenvalue weighted by atomic mass is 10.1. The molecule has 2 aromatic rings. The van der Waals surface area contributed by atoms with Crippen molar-refractivity contribution in [2.75, 3.05) is 20.2 Å². The smallest absolute Gasteiger partial charge is 0.251 e. The number of ether oxygens (including phenoxy) is 1. The summed E-state index contributed by atoms with van der Waals surface area (Å²) in [7, 11) is 1.65. The van der Waals surface area contributed by atoms with E-state index < -0.39 is 0 Å². The van der Waals surface area contributed by atoms with E-state index in [-0.39, 0.29) is 11.9 Å². The van der Waals surface area contributed by atoms with Gasteiger partial charge in [-0.1, -0.05) is 48.5 Å². The van der Waals surface area contributed by atoms with E-state index in [9.17, 15) is 4.79 Å². The number of hydrogen-bond acceptors (Lipinski definition) is 3. The molecular formula is C21H26N2O2. The van der Waals surface area contributed by atoms with Crippen LogP contribution in [0.15, 0.2) is 54.6 Å². The molecule has 132 valence electrons. The van der Waals surface area contributed by atoms with Crippen LogP contribution in [-0.4, -0.2) is 37.0 Å². The Labute approximate surface area is 149 Å². The maximum absolute atomic E-state index is 12.7. The zero-order valence-electron chi connectivity index (χ0n) is 14.9. The van der Waals surface area contributed by atoms with Gasteiger partial charge in [0.15, 0.2) is 0 Å². The maximum Gasteiger partial charge on any atom is 0.251 e. The molecule has 1 saturated heterocycles. The number of carbonyl (C=O) groups is 1. The number of carbonyl (C=O) groups excluding carboxylic acids is 1. The Morgan fingerprint density at radius 2 is 1.92 bits per heavy atom. The van der Waals surface area contributed by atoms with Crippen molar-refractivity contribution in [2.24, 2.45) is 0 Å². The van der Waals surface area contributed by atoms with Crippen LogP contribution in [0.25, 0.3) is 0 Å². The van der Waals surface area contributed by atoms with Crippen LogP contribution in [0.2, 0.25) is 0 Å². The van der Waals surface area contributed by atoms with Gasteiger partial charge in [0.1, 0.15) is 0 Å². The van der Waals surface area contributed by atoms with Crippen LogP contribution in [-0.2, 0) is 11.3 Å². The van der Waals surface area contributed by atoms with E-state index in [0.717, 1.165) is 25.1 Å². The van der Waals surface area contributed by atoms with Gasteiger partial charge in [0, 0.05) is 37.8 Å². The zero-order valence-corrected chi connectivity index (χ0v) is 14.9. The number of nitrogens with zero attached hydrogens (tertiary/aromatic N) is 1. The normalized spacial score (nSPS) is 18.9. The van der Waals surface area contributed by atoms with Crippen molar-refractivity contribution in [1.82, 2.24) is 10.2 Å². The van der Waals surface area contributed by atoms with Crippen molar-refractivity contribution in [3.8, 4) is 0 Å². The molecule has 3 rings (SSSR count). The lowest BCUT2D eigenvalue weighted by molar-refractivity contribution is 0.0931. The highest BCUT2D eigenvalue weighted by Crippen LogP contribution is 2.24. The van der Waals surface area contributed by atoms with Crippen molar-refractivity contribution < 1.29 is 9.53 Å². The molecule has 0 spiro atoms. The number of rotatable bonds is 6. The third kappa shape index (κ3) is 4.27. The van der Waals surface area contributed by atoms with Crippen LogP contribution in [0.3, 0.4) is 0 Å². The summed E-state index contributed by atoms with van der Waals surface area (Å²) >= 11 is 0. The predicted molar refractivity (Wildman–Crippen MR) is 99.5 cm³/mol. The lowest BCUT2D eigenvalue weighted by Gasteiger charge is -2.25. The van der Waals surface area contributed by atoms with Crippen molar-refractivity contribution in [3.63, 3.8) is 0 Å². The second kappa shape index (κ2) is 8.28. The molecule has 0 aliphatic carbocycles. The van der Waals surface area contributed by atoms with Crippen LogP contribution in [0.5, 0.6) is 0 Å². The Balaban J connectivity index is 1.61. The van der Waals surface area contributed by atoms with Gasteiger partial charge in [-0.3, -0.25) is 9.69 Å². The summed E-state index contributed by atoms with van der Waals surface area (Å²) < 4.78 is 5.20. The summed E-state index contributed by atoms with van der Waals surface area (Å²) in [6, 6.07) is 18.7. The molecule has 1 N–H and O–H groups in total. The van der Waals surface area contributed by atoms with Crippen LogP contribution in [0.4, 0.5) is 0 Å². The fourth-order valence-electron chi connectivity index (χ4n) is 3.49. The van der Waals surface area contributed by atoms with Crippen molar-refractivity contribution in [2.45, 2.75) is 32.0 Å². The van der Waals surface area contributed by atoms with Gasteiger partial charge in [0.25, 0.3) is 5.91 Å². The van der Waals surface area contributed by atoms with E-state index in [1.807, 2.05) is 30.3 Å². The second-order valence-corrected chi connectivity index (χ2v) is 6.63. The number of methoxy groups -OCH3 is 1. The summed E-state index contributed by atoms with van der Waals surface area (Å²) in [5, 5.41) is 3.19. The molecule has 1 aliphatic rings. The molecule has 25 heavy (non-hydrogen) atoms. The minimum atomic E-state index is -0.00753. The summed E-state index contributed by atoms with van der Waals surface area (Å²) in [5.41, 5.74) is 2.95. The maximum atomic E-state index is 12.7. The predicted octanol–water partition coefficient (Wildman–Crippen LogP) is 3.40. The van der Waals surface area contributed by atoms with E-state index in [2.05, 4.69) is 41.4 Å². The molecule has 1 aliphatic heterocycles. The lowest BCUT2D eigenvalue weighted by Crippen LogP contribution is -2.38. The van der Waals surface area contributed by atoms with Crippen LogP contribution < -0.4 is 5.32 Å². The number of likely N-dealkylation sites (tertiary alicyclic amines) is 1. The third-order valence-electron chi connectivity index (χ3n) is 4.95. The second-order valence-electron chi connectivity index (χ2n) is 6.63. The Hall–Kier alpha value is -2.17. The zero-order chi connectivity index (χ0) is 17.6. The summed E-state index contributed by atoms with van der Waals surface area (Å²) in [6.07, 6.45) is 0.982. The summed E-state index contributed by atoms with van der Waals surface area (Å²) in [4.78, 5) is 15.1. The third-order valence-corrected chi connectivity index (χ3v) is 4.95. The Morgan fingerprint density at radius 1 is 1.20 bits per heavy atom. The largest absolute Gasteiger partial charge is 0.380 e. The van der Waals surface area contributed by atoms with E-state index >= 15 is 0 Å². The molecule has 1 heterocycles. The van der Waals surface area contributed by atoms with E-state index in [0.29, 0.717) is 18.2 Å². The molecule has 2 atom stereocenters. The van der Waals surface area contributed by atoms with E-state index in [4.69, 9.17) is 4.74 Å². The van der Waals surface area contributed by atoms with E-state index in [1.54, 1.807) is 7.11 Å². The first-order chi connectivity index (χ1) is 12.2. The number of benzene rings is 2. The number of nitrogens with one attached hydrogen (secondary N) is 1. The van der Waals surface area contributed by atoms with Gasteiger partial charge in [0.05, 0.1) is 6.61 Å². The standard InChI is InChI=1S/C21H26N2O2/c1-16(17-8-4-3-5-9-17)23-13-12-19(14-23)22-21(24)20-11-7-6-10-18(20)15-25-2/h3-11,16,19H,12-15H2,1-2H3,(H,22,24)/t16-,19-/m0/s1. The number of amides is 1. The van der Waals surface area contributed by atoms with E-state index in [1.165, 1.54) is 5.56 Å². The first-order valence-corrected chi connectivity index (χ1v) is 8.85. The first-order valence-electron chi connectivity index (χ1n) is 8.85. The van der Waals surface area contributed by atoms with Crippen LogP contribution in [0.1, 0.15) is 40.9 Å².